The van der Waals surface area contributed by atoms with Crippen LogP contribution >= 0.6 is 0 Å². The molecule has 0 aliphatic carbocycles. The van der Waals surface area contributed by atoms with E-state index in [1.54, 1.807) is 72.8 Å². The van der Waals surface area contributed by atoms with Crippen molar-refractivity contribution >= 4 is 60.1 Å². The maximum atomic E-state index is 14.4. The van der Waals surface area contributed by atoms with Gasteiger partial charge in [-0.05, 0) is 114 Å². The molecule has 6 aromatic rings. The fourth-order valence-corrected chi connectivity index (χ4v) is 17.1. The van der Waals surface area contributed by atoms with Gasteiger partial charge >= 0.3 is 0 Å². The SMILES string of the molecule is Cc1ccc(S(=O)(=O)N2C/C=C\CN(S(=O)(=O)c3ccc(C)cc3)C/C=C/CN(S(=O)(=O)c3ccc(C)cc3)C/C=C/CN(S(=O)(=O)c3ccc(C)cc3)C/C=C\CN(S(=O)(=O)c3ccc(C)cc3)C/C=C/CN(S(=O)(=O)c3ccc(C)cc3)C/C=C/C2)cc1. The van der Waals surface area contributed by atoms with Gasteiger partial charge < -0.3 is 0 Å². The van der Waals surface area contributed by atoms with Crippen LogP contribution in [0.4, 0.5) is 0 Å². The van der Waals surface area contributed by atoms with Crippen LogP contribution in [-0.4, -0.2) is 155 Å². The Morgan fingerprint density at radius 3 is 0.356 bits per heavy atom. The molecule has 1 aliphatic heterocycles. The maximum Gasteiger partial charge on any atom is 0.243 e. The van der Waals surface area contributed by atoms with Crippen LogP contribution in [0.5, 0.6) is 0 Å². The standard InChI is InChI=1S/C66H78N6O12S6/c1-55-19-31-61(32-20-55)85(73,74)67-43-7-9-45-68(86(75,76)62-33-21-56(2)22-34-62)47-11-13-49-70(88(79,80)64-37-25-58(4)26-38-64)51-15-17-53-72(90(83,84)66-41-29-60(6)30-42-66)54-18-16-52-71(89(81,82)65-39-27-59(5)28-40-65)50-14-12-48-69(46-10-8-44-67)87(77,78)63-35-23-57(3)24-36-63/h7-42H,43-54H2,1-6H3/b9-7-,10-8+,13-11+,14-12+,17-15+,18-16-. The van der Waals surface area contributed by atoms with Crippen molar-refractivity contribution in [3.8, 4) is 0 Å². The summed E-state index contributed by atoms with van der Waals surface area (Å²) in [6.45, 7) is 8.02. The molecule has 0 spiro atoms. The van der Waals surface area contributed by atoms with Crippen LogP contribution in [0.1, 0.15) is 33.4 Å². The van der Waals surface area contributed by atoms with Gasteiger partial charge in [-0.2, -0.15) is 25.8 Å². The van der Waals surface area contributed by atoms with E-state index in [1.165, 1.54) is 146 Å². The van der Waals surface area contributed by atoms with E-state index in [-0.39, 0.29) is 108 Å². The molecule has 24 heteroatoms. The number of benzene rings is 6. The van der Waals surface area contributed by atoms with Crippen molar-refractivity contribution in [3.63, 3.8) is 0 Å². The predicted molar refractivity (Wildman–Crippen MR) is 354 cm³/mol. The van der Waals surface area contributed by atoms with Gasteiger partial charge in [-0.3, -0.25) is 0 Å². The minimum absolute atomic E-state index is 0.00891. The Balaban J connectivity index is 1.31. The number of rotatable bonds is 12. The van der Waals surface area contributed by atoms with Crippen molar-refractivity contribution in [1.29, 1.82) is 0 Å². The Hall–Kier alpha value is -6.78. The largest absolute Gasteiger partial charge is 0.243 e. The highest BCUT2D eigenvalue weighted by atomic mass is 32.2. The second kappa shape index (κ2) is 31.5. The van der Waals surface area contributed by atoms with Gasteiger partial charge in [0.25, 0.3) is 0 Å². The van der Waals surface area contributed by atoms with Gasteiger partial charge in [-0.1, -0.05) is 179 Å². The Bertz CT molecular complexity index is 3520. The normalized spacial score (nSPS) is 19.3. The first-order chi connectivity index (χ1) is 42.6. The summed E-state index contributed by atoms with van der Waals surface area (Å²) in [6.07, 6.45) is 18.2. The van der Waals surface area contributed by atoms with E-state index in [0.717, 1.165) is 59.2 Å². The number of nitrogens with zero attached hydrogens (tertiary/aromatic N) is 6. The summed E-state index contributed by atoms with van der Waals surface area (Å²) in [5, 5.41) is 0. The summed E-state index contributed by atoms with van der Waals surface area (Å²) in [7, 11) is -25.4. The number of hydrogen-bond acceptors (Lipinski definition) is 12. The van der Waals surface area contributed by atoms with Crippen LogP contribution in [-0.2, 0) is 60.1 Å². The molecule has 0 saturated carbocycles. The Morgan fingerprint density at radius 1 is 0.178 bits per heavy atom. The lowest BCUT2D eigenvalue weighted by Gasteiger charge is -2.22. The summed E-state index contributed by atoms with van der Waals surface area (Å²) in [6, 6.07) is 37.7. The zero-order valence-electron chi connectivity index (χ0n) is 51.3. The summed E-state index contributed by atoms with van der Waals surface area (Å²) in [4.78, 5) is -0.0535. The molecule has 1 heterocycles. The zero-order valence-corrected chi connectivity index (χ0v) is 56.2. The van der Waals surface area contributed by atoms with E-state index in [4.69, 9.17) is 0 Å². The van der Waals surface area contributed by atoms with E-state index >= 15 is 0 Å². The van der Waals surface area contributed by atoms with Gasteiger partial charge in [-0.15, -0.1) is 0 Å². The first-order valence-electron chi connectivity index (χ1n) is 28.9. The first-order valence-corrected chi connectivity index (χ1v) is 37.6. The maximum absolute atomic E-state index is 14.4. The Morgan fingerprint density at radius 2 is 0.267 bits per heavy atom. The van der Waals surface area contributed by atoms with Crippen molar-refractivity contribution in [2.75, 3.05) is 78.5 Å². The molecule has 0 amide bonds. The van der Waals surface area contributed by atoms with Crippen molar-refractivity contribution < 1.29 is 50.5 Å². The molecular weight excluding hydrogens is 1260 g/mol. The molecule has 0 atom stereocenters. The lowest BCUT2D eigenvalue weighted by atomic mass is 10.2. The quantitative estimate of drug-likeness (QED) is 0.105. The first kappa shape index (κ1) is 70.7. The fourth-order valence-electron chi connectivity index (χ4n) is 9.09. The second-order valence-electron chi connectivity index (χ2n) is 21.6. The molecule has 0 bridgehead atoms. The highest BCUT2D eigenvalue weighted by Gasteiger charge is 2.29. The van der Waals surface area contributed by atoms with Gasteiger partial charge in [0.1, 0.15) is 0 Å². The van der Waals surface area contributed by atoms with E-state index in [9.17, 15) is 50.5 Å². The summed E-state index contributed by atoms with van der Waals surface area (Å²) in [5.74, 6) is 0. The molecule has 0 saturated heterocycles. The van der Waals surface area contributed by atoms with E-state index in [2.05, 4.69) is 0 Å². The smallest absolute Gasteiger partial charge is 0.207 e. The predicted octanol–water partition coefficient (Wildman–Crippen LogP) is 9.33. The highest BCUT2D eigenvalue weighted by Crippen LogP contribution is 2.24. The fraction of sp³-hybridized carbons (Fsp3) is 0.273. The van der Waals surface area contributed by atoms with Crippen LogP contribution in [0.3, 0.4) is 0 Å². The average molecular weight is 1340 g/mol. The molecule has 480 valence electrons. The van der Waals surface area contributed by atoms with Crippen molar-refractivity contribution in [3.05, 3.63) is 252 Å². The average Bonchev–Trinajstić information content (AvgIpc) is 1.03. The van der Waals surface area contributed by atoms with Gasteiger partial charge in [0.2, 0.25) is 60.1 Å². The lowest BCUT2D eigenvalue weighted by Crippen LogP contribution is -2.34. The van der Waals surface area contributed by atoms with Crippen LogP contribution in [0, 0.1) is 41.5 Å². The molecule has 0 aromatic heterocycles. The van der Waals surface area contributed by atoms with Crippen molar-refractivity contribution in [2.24, 2.45) is 0 Å². The summed E-state index contributed by atoms with van der Waals surface area (Å²) < 4.78 is 180. The van der Waals surface area contributed by atoms with E-state index < -0.39 is 60.1 Å². The molecule has 7 rings (SSSR count). The van der Waals surface area contributed by atoms with Crippen LogP contribution in [0.25, 0.3) is 0 Å². The molecule has 0 radical (unpaired) electrons. The number of sulfonamides is 6. The third kappa shape index (κ3) is 18.7. The molecular formula is C66H78N6O12S6. The third-order valence-electron chi connectivity index (χ3n) is 14.7. The van der Waals surface area contributed by atoms with Gasteiger partial charge in [0, 0.05) is 78.5 Å². The molecule has 90 heavy (non-hydrogen) atoms. The Kier molecular flexibility index (Phi) is 24.7. The molecule has 0 fully saturated rings. The molecule has 18 nitrogen and oxygen atoms in total. The number of hydrogen-bond donors (Lipinski definition) is 0. The van der Waals surface area contributed by atoms with Crippen LogP contribution in [0.15, 0.2) is 248 Å². The monoisotopic (exact) mass is 1340 g/mol. The highest BCUT2D eigenvalue weighted by molar-refractivity contribution is 7.90. The minimum atomic E-state index is -4.23. The third-order valence-corrected chi connectivity index (χ3v) is 25.7. The van der Waals surface area contributed by atoms with Crippen molar-refractivity contribution in [2.45, 2.75) is 70.9 Å². The second-order valence-corrected chi connectivity index (χ2v) is 33.3. The summed E-state index contributed by atoms with van der Waals surface area (Å²) in [5.41, 5.74) is 4.94. The molecule has 0 unspecified atom stereocenters. The topological polar surface area (TPSA) is 224 Å². The van der Waals surface area contributed by atoms with E-state index in [0.29, 0.717) is 0 Å². The summed E-state index contributed by atoms with van der Waals surface area (Å²) >= 11 is 0. The number of aryl methyl sites for hydroxylation is 6. The van der Waals surface area contributed by atoms with Gasteiger partial charge in [-0.25, -0.2) is 50.5 Å². The van der Waals surface area contributed by atoms with Gasteiger partial charge in [0.05, 0.1) is 29.4 Å². The molecule has 1 aliphatic rings. The lowest BCUT2D eigenvalue weighted by molar-refractivity contribution is 0.458. The zero-order chi connectivity index (χ0) is 65.3. The van der Waals surface area contributed by atoms with Crippen LogP contribution < -0.4 is 0 Å². The van der Waals surface area contributed by atoms with Crippen LogP contribution in [0.2, 0.25) is 0 Å². The molecule has 6 aromatic carbocycles. The van der Waals surface area contributed by atoms with Crippen molar-refractivity contribution in [1.82, 2.24) is 25.8 Å². The Labute approximate surface area is 534 Å². The molecule has 0 N–H and O–H groups in total. The minimum Gasteiger partial charge on any atom is -0.207 e. The van der Waals surface area contributed by atoms with Gasteiger partial charge in [0.15, 0.2) is 0 Å². The van der Waals surface area contributed by atoms with E-state index in [1.807, 2.05) is 41.5 Å².